The maximum atomic E-state index is 12.8. The molecule has 134 valence electrons. The van der Waals surface area contributed by atoms with E-state index in [1.807, 2.05) is 31.2 Å². The molecule has 1 aliphatic rings. The number of hydrogen-bond acceptors (Lipinski definition) is 6. The molecule has 1 unspecified atom stereocenters. The van der Waals surface area contributed by atoms with Gasteiger partial charge in [0.05, 0.1) is 22.4 Å². The Kier molecular flexibility index (Phi) is 4.24. The van der Waals surface area contributed by atoms with Gasteiger partial charge in [-0.2, -0.15) is 8.75 Å². The van der Waals surface area contributed by atoms with Crippen molar-refractivity contribution in [3.05, 3.63) is 48.0 Å². The zero-order valence-electron chi connectivity index (χ0n) is 14.1. The molecule has 3 aromatic rings. The molecule has 0 spiro atoms. The summed E-state index contributed by atoms with van der Waals surface area (Å²) in [5.74, 6) is -0.414. The monoisotopic (exact) mass is 387 g/mol. The Bertz CT molecular complexity index is 1090. The zero-order valence-corrected chi connectivity index (χ0v) is 15.8. The average Bonchev–Trinajstić information content (AvgIpc) is 3.22. The molecule has 1 aromatic heterocycles. The molecule has 0 N–H and O–H groups in total. The van der Waals surface area contributed by atoms with E-state index in [2.05, 4.69) is 8.75 Å². The second-order valence-electron chi connectivity index (χ2n) is 6.40. The van der Waals surface area contributed by atoms with Crippen LogP contribution in [0.4, 0.5) is 5.69 Å². The Labute approximate surface area is 155 Å². The van der Waals surface area contributed by atoms with E-state index in [1.54, 1.807) is 17.0 Å². The highest BCUT2D eigenvalue weighted by Crippen LogP contribution is 2.32. The van der Waals surface area contributed by atoms with Crippen LogP contribution in [0, 0.1) is 0 Å². The van der Waals surface area contributed by atoms with Gasteiger partial charge >= 0.3 is 0 Å². The number of amides is 1. The Hall–Kier alpha value is -2.32. The number of hydrogen-bond donors (Lipinski definition) is 0. The van der Waals surface area contributed by atoms with Crippen LogP contribution in [0.25, 0.3) is 11.0 Å². The fraction of sp³-hybridized carbons (Fsp3) is 0.278. The molecule has 0 radical (unpaired) electrons. The highest BCUT2D eigenvalue weighted by molar-refractivity contribution is 7.91. The lowest BCUT2D eigenvalue weighted by molar-refractivity contribution is -0.118. The molecule has 0 bridgehead atoms. The van der Waals surface area contributed by atoms with Crippen LogP contribution in [0.5, 0.6) is 0 Å². The van der Waals surface area contributed by atoms with Crippen LogP contribution >= 0.6 is 11.7 Å². The van der Waals surface area contributed by atoms with Crippen molar-refractivity contribution in [3.8, 4) is 0 Å². The van der Waals surface area contributed by atoms with Gasteiger partial charge in [0.25, 0.3) is 0 Å². The number of carbonyl (C=O) groups is 1. The van der Waals surface area contributed by atoms with E-state index < -0.39 is 9.84 Å². The van der Waals surface area contributed by atoms with Gasteiger partial charge < -0.3 is 4.90 Å². The highest BCUT2D eigenvalue weighted by Gasteiger charge is 2.31. The van der Waals surface area contributed by atoms with Crippen LogP contribution in [0.3, 0.4) is 0 Å². The molecule has 4 rings (SSSR count). The Morgan fingerprint density at radius 3 is 2.85 bits per heavy atom. The lowest BCUT2D eigenvalue weighted by atomic mass is 10.1. The number of para-hydroxylation sites is 1. The van der Waals surface area contributed by atoms with E-state index in [4.69, 9.17) is 0 Å². The summed E-state index contributed by atoms with van der Waals surface area (Å²) < 4.78 is 33.7. The van der Waals surface area contributed by atoms with Crippen molar-refractivity contribution in [1.82, 2.24) is 8.75 Å². The third kappa shape index (κ3) is 2.89. The molecule has 1 aliphatic heterocycles. The Morgan fingerprint density at radius 1 is 1.19 bits per heavy atom. The van der Waals surface area contributed by atoms with Crippen molar-refractivity contribution in [1.29, 1.82) is 0 Å². The van der Waals surface area contributed by atoms with Crippen molar-refractivity contribution in [2.24, 2.45) is 0 Å². The van der Waals surface area contributed by atoms with Gasteiger partial charge in [0.2, 0.25) is 5.91 Å². The molecule has 0 fully saturated rings. The van der Waals surface area contributed by atoms with Gasteiger partial charge in [-0.05, 0) is 37.1 Å². The minimum Gasteiger partial charge on any atom is -0.309 e. The SMILES string of the molecule is CC1Cc2ccccc2N1C(=O)CCS(=O)(=O)c1cccc2nsnc12. The van der Waals surface area contributed by atoms with Crippen LogP contribution in [-0.2, 0) is 21.1 Å². The third-order valence-corrected chi connectivity index (χ3v) is 6.93. The topological polar surface area (TPSA) is 80.2 Å². The first-order chi connectivity index (χ1) is 12.5. The van der Waals surface area contributed by atoms with Gasteiger partial charge in [-0.15, -0.1) is 0 Å². The van der Waals surface area contributed by atoms with Gasteiger partial charge in [-0.3, -0.25) is 4.79 Å². The average molecular weight is 387 g/mol. The minimum absolute atomic E-state index is 0.0359. The second kappa shape index (κ2) is 6.44. The summed E-state index contributed by atoms with van der Waals surface area (Å²) in [6.07, 6.45) is 0.730. The number of fused-ring (bicyclic) bond motifs is 2. The fourth-order valence-electron chi connectivity index (χ4n) is 3.43. The lowest BCUT2D eigenvalue weighted by Crippen LogP contribution is -2.36. The molecular weight excluding hydrogens is 370 g/mol. The largest absolute Gasteiger partial charge is 0.309 e. The van der Waals surface area contributed by atoms with Crippen molar-refractivity contribution in [2.75, 3.05) is 10.7 Å². The van der Waals surface area contributed by atoms with Gasteiger partial charge in [0.1, 0.15) is 11.0 Å². The molecule has 26 heavy (non-hydrogen) atoms. The molecule has 2 heterocycles. The molecule has 0 saturated carbocycles. The predicted molar refractivity (Wildman–Crippen MR) is 101 cm³/mol. The van der Waals surface area contributed by atoms with Gasteiger partial charge in [0, 0.05) is 18.2 Å². The van der Waals surface area contributed by atoms with E-state index in [0.717, 1.165) is 29.4 Å². The number of carbonyl (C=O) groups excluding carboxylic acids is 1. The molecule has 1 atom stereocenters. The summed E-state index contributed by atoms with van der Waals surface area (Å²) in [5, 5.41) is 0. The smallest absolute Gasteiger partial charge is 0.228 e. The van der Waals surface area contributed by atoms with Crippen LogP contribution < -0.4 is 4.90 Å². The van der Waals surface area contributed by atoms with Crippen LogP contribution in [0.15, 0.2) is 47.4 Å². The van der Waals surface area contributed by atoms with E-state index in [0.29, 0.717) is 11.0 Å². The van der Waals surface area contributed by atoms with E-state index in [-0.39, 0.29) is 29.0 Å². The van der Waals surface area contributed by atoms with Crippen molar-refractivity contribution >= 4 is 44.2 Å². The molecule has 6 nitrogen and oxygen atoms in total. The Balaban J connectivity index is 1.55. The zero-order chi connectivity index (χ0) is 18.3. The first-order valence-corrected chi connectivity index (χ1v) is 10.7. The molecule has 0 aliphatic carbocycles. The van der Waals surface area contributed by atoms with Crippen molar-refractivity contribution in [3.63, 3.8) is 0 Å². The van der Waals surface area contributed by atoms with Gasteiger partial charge in [-0.1, -0.05) is 24.3 Å². The predicted octanol–water partition coefficient (Wildman–Crippen LogP) is 2.83. The summed E-state index contributed by atoms with van der Waals surface area (Å²) in [6.45, 7) is 1.98. The fourth-order valence-corrected chi connectivity index (χ4v) is 5.43. The maximum Gasteiger partial charge on any atom is 0.228 e. The standard InChI is InChI=1S/C18H17N3O3S2/c1-12-11-13-5-2-3-7-15(13)21(12)17(22)9-10-26(23,24)16-8-4-6-14-18(16)20-25-19-14/h2-8,12H,9-11H2,1H3. The van der Waals surface area contributed by atoms with Crippen molar-refractivity contribution in [2.45, 2.75) is 30.7 Å². The first-order valence-electron chi connectivity index (χ1n) is 8.31. The number of nitrogens with zero attached hydrogens (tertiary/aromatic N) is 3. The van der Waals surface area contributed by atoms with Crippen LogP contribution in [0.1, 0.15) is 18.9 Å². The minimum atomic E-state index is -3.62. The van der Waals surface area contributed by atoms with Crippen LogP contribution in [-0.4, -0.2) is 34.9 Å². The molecule has 8 heteroatoms. The molecule has 0 saturated heterocycles. The van der Waals surface area contributed by atoms with E-state index in [9.17, 15) is 13.2 Å². The summed E-state index contributed by atoms with van der Waals surface area (Å²) in [5.41, 5.74) is 2.94. The number of aromatic nitrogens is 2. The van der Waals surface area contributed by atoms with E-state index >= 15 is 0 Å². The second-order valence-corrected chi connectivity index (χ2v) is 9.01. The first kappa shape index (κ1) is 17.1. The van der Waals surface area contributed by atoms with Crippen LogP contribution in [0.2, 0.25) is 0 Å². The number of sulfone groups is 1. The Morgan fingerprint density at radius 2 is 2.00 bits per heavy atom. The maximum absolute atomic E-state index is 12.8. The summed E-state index contributed by atoms with van der Waals surface area (Å²) in [6, 6.07) is 12.7. The van der Waals surface area contributed by atoms with Gasteiger partial charge in [-0.25, -0.2) is 8.42 Å². The number of benzene rings is 2. The summed E-state index contributed by atoms with van der Waals surface area (Å²) >= 11 is 0.981. The van der Waals surface area contributed by atoms with Crippen molar-refractivity contribution < 1.29 is 13.2 Å². The highest BCUT2D eigenvalue weighted by atomic mass is 32.2. The molecule has 2 aromatic carbocycles. The number of rotatable bonds is 4. The number of anilines is 1. The van der Waals surface area contributed by atoms with Gasteiger partial charge in [0.15, 0.2) is 9.84 Å². The quantitative estimate of drug-likeness (QED) is 0.688. The normalized spacial score (nSPS) is 16.8. The molecule has 1 amide bonds. The summed E-state index contributed by atoms with van der Waals surface area (Å²) in [7, 11) is -3.62. The summed E-state index contributed by atoms with van der Waals surface area (Å²) in [4.78, 5) is 14.6. The lowest BCUT2D eigenvalue weighted by Gasteiger charge is -2.22. The molecular formula is C18H17N3O3S2. The van der Waals surface area contributed by atoms with E-state index in [1.165, 1.54) is 6.07 Å². The third-order valence-electron chi connectivity index (χ3n) is 4.64.